The highest BCUT2D eigenvalue weighted by atomic mass is 32.1. The monoisotopic (exact) mass is 333 g/mol. The Bertz CT molecular complexity index is 595. The van der Waals surface area contributed by atoms with Gasteiger partial charge in [0, 0.05) is 18.4 Å². The van der Waals surface area contributed by atoms with Gasteiger partial charge < -0.3 is 14.6 Å². The van der Waals surface area contributed by atoms with Gasteiger partial charge in [0.1, 0.15) is 0 Å². The topological polar surface area (TPSA) is 47.6 Å². The molecule has 1 fully saturated rings. The van der Waals surface area contributed by atoms with Gasteiger partial charge in [-0.2, -0.15) is 12.6 Å². The first-order chi connectivity index (χ1) is 10.7. The Morgan fingerprint density at radius 1 is 1.17 bits per heavy atom. The van der Waals surface area contributed by atoms with Crippen LogP contribution >= 0.6 is 12.6 Å². The fourth-order valence-electron chi connectivity index (χ4n) is 2.27. The summed E-state index contributed by atoms with van der Waals surface area (Å²) in [5, 5.41) is 2.61. The number of rotatable bonds is 4. The Morgan fingerprint density at radius 3 is 2.13 bits per heavy atom. The molecule has 124 valence electrons. The van der Waals surface area contributed by atoms with Crippen LogP contribution in [0.1, 0.15) is 43.6 Å². The molecule has 4 nitrogen and oxygen atoms in total. The third-order valence-corrected chi connectivity index (χ3v) is 4.86. The predicted octanol–water partition coefficient (Wildman–Crippen LogP) is 2.99. The molecule has 1 aromatic rings. The lowest BCUT2D eigenvalue weighted by molar-refractivity contribution is 0.00578. The van der Waals surface area contributed by atoms with Crippen LogP contribution in [0.2, 0.25) is 0 Å². The van der Waals surface area contributed by atoms with Crippen LogP contribution in [-0.4, -0.2) is 37.0 Å². The maximum absolute atomic E-state index is 11.6. The van der Waals surface area contributed by atoms with Crippen LogP contribution in [0.3, 0.4) is 0 Å². The van der Waals surface area contributed by atoms with Gasteiger partial charge in [-0.3, -0.25) is 4.79 Å². The standard InChI is InChI=1S/C17H24BNO3S/c1-16(2)17(3,4)22-18(21-16)14(11-23)10-12-6-8-13(9-7-12)15(20)19-5/h6-10,23H,11H2,1-5H3,(H,19,20). The molecule has 1 N–H and O–H groups in total. The molecule has 0 aromatic heterocycles. The van der Waals surface area contributed by atoms with Gasteiger partial charge in [-0.05, 0) is 50.9 Å². The highest BCUT2D eigenvalue weighted by molar-refractivity contribution is 7.80. The van der Waals surface area contributed by atoms with Crippen molar-refractivity contribution in [2.45, 2.75) is 38.9 Å². The maximum Gasteiger partial charge on any atom is 0.491 e. The quantitative estimate of drug-likeness (QED) is 0.658. The second-order valence-electron chi connectivity index (χ2n) is 6.67. The van der Waals surface area contributed by atoms with Crippen molar-refractivity contribution in [3.63, 3.8) is 0 Å². The SMILES string of the molecule is CNC(=O)c1ccc(C=C(CS)B2OC(C)(C)C(C)(C)O2)cc1. The molecule has 0 atom stereocenters. The first kappa shape index (κ1) is 18.1. The molecular formula is C17H24BNO3S. The van der Waals surface area contributed by atoms with E-state index in [9.17, 15) is 4.79 Å². The molecule has 0 saturated carbocycles. The molecule has 0 radical (unpaired) electrons. The molecule has 0 unspecified atom stereocenters. The van der Waals surface area contributed by atoms with E-state index < -0.39 is 7.12 Å². The third-order valence-electron chi connectivity index (χ3n) is 4.49. The average Bonchev–Trinajstić information content (AvgIpc) is 2.72. The van der Waals surface area contributed by atoms with E-state index in [-0.39, 0.29) is 17.1 Å². The molecule has 2 rings (SSSR count). The fourth-order valence-corrected chi connectivity index (χ4v) is 2.51. The van der Waals surface area contributed by atoms with Crippen molar-refractivity contribution in [1.82, 2.24) is 5.32 Å². The predicted molar refractivity (Wildman–Crippen MR) is 97.7 cm³/mol. The van der Waals surface area contributed by atoms with Crippen molar-refractivity contribution in [3.05, 3.63) is 40.9 Å². The van der Waals surface area contributed by atoms with E-state index >= 15 is 0 Å². The summed E-state index contributed by atoms with van der Waals surface area (Å²) in [5.41, 5.74) is 1.83. The Hall–Kier alpha value is -1.24. The van der Waals surface area contributed by atoms with E-state index in [4.69, 9.17) is 9.31 Å². The third kappa shape index (κ3) is 3.82. The van der Waals surface area contributed by atoms with E-state index in [0.29, 0.717) is 11.3 Å². The van der Waals surface area contributed by atoms with Gasteiger partial charge in [-0.15, -0.1) is 0 Å². The van der Waals surface area contributed by atoms with Gasteiger partial charge in [0.05, 0.1) is 11.2 Å². The highest BCUT2D eigenvalue weighted by Gasteiger charge is 2.52. The number of amides is 1. The van der Waals surface area contributed by atoms with Crippen molar-refractivity contribution in [3.8, 4) is 0 Å². The van der Waals surface area contributed by atoms with Crippen LogP contribution in [0.25, 0.3) is 6.08 Å². The van der Waals surface area contributed by atoms with Crippen LogP contribution in [0.15, 0.2) is 29.7 Å². The zero-order valence-electron chi connectivity index (χ0n) is 14.3. The molecule has 1 aliphatic heterocycles. The van der Waals surface area contributed by atoms with E-state index in [2.05, 4.69) is 17.9 Å². The van der Waals surface area contributed by atoms with E-state index in [1.54, 1.807) is 19.2 Å². The minimum atomic E-state index is -0.406. The summed E-state index contributed by atoms with van der Waals surface area (Å²) < 4.78 is 12.1. The second kappa shape index (κ2) is 6.71. The van der Waals surface area contributed by atoms with Crippen LogP contribution < -0.4 is 5.32 Å². The summed E-state index contributed by atoms with van der Waals surface area (Å²) >= 11 is 4.41. The molecule has 1 amide bonds. The van der Waals surface area contributed by atoms with Crippen molar-refractivity contribution in [1.29, 1.82) is 0 Å². The summed E-state index contributed by atoms with van der Waals surface area (Å²) in [4.78, 5) is 11.6. The van der Waals surface area contributed by atoms with Crippen LogP contribution in [0.4, 0.5) is 0 Å². The number of hydrogen-bond acceptors (Lipinski definition) is 4. The molecule has 0 bridgehead atoms. The first-order valence-corrected chi connectivity index (χ1v) is 8.32. The first-order valence-electron chi connectivity index (χ1n) is 7.69. The van der Waals surface area contributed by atoms with Crippen molar-refractivity contribution >= 4 is 31.7 Å². The lowest BCUT2D eigenvalue weighted by Gasteiger charge is -2.32. The van der Waals surface area contributed by atoms with Gasteiger partial charge in [-0.1, -0.05) is 18.2 Å². The van der Waals surface area contributed by atoms with Crippen LogP contribution in [0.5, 0.6) is 0 Å². The van der Waals surface area contributed by atoms with E-state index in [0.717, 1.165) is 11.0 Å². The largest absolute Gasteiger partial charge is 0.491 e. The molecule has 1 aliphatic rings. The van der Waals surface area contributed by atoms with Gasteiger partial charge in [0.25, 0.3) is 5.91 Å². The molecule has 0 spiro atoms. The highest BCUT2D eigenvalue weighted by Crippen LogP contribution is 2.39. The Kier molecular flexibility index (Phi) is 5.28. The molecular weight excluding hydrogens is 309 g/mol. The van der Waals surface area contributed by atoms with Crippen LogP contribution in [-0.2, 0) is 9.31 Å². The van der Waals surface area contributed by atoms with Gasteiger partial charge in [0.2, 0.25) is 0 Å². The summed E-state index contributed by atoms with van der Waals surface area (Å²) in [6.45, 7) is 8.12. The number of nitrogens with one attached hydrogen (secondary N) is 1. The van der Waals surface area contributed by atoms with Crippen LogP contribution in [0, 0.1) is 0 Å². The normalized spacial score (nSPS) is 19.7. The number of carbonyl (C=O) groups is 1. The molecule has 1 saturated heterocycles. The summed E-state index contributed by atoms with van der Waals surface area (Å²) in [6, 6.07) is 7.40. The molecule has 6 heteroatoms. The van der Waals surface area contributed by atoms with Crippen molar-refractivity contribution in [2.75, 3.05) is 12.8 Å². The summed E-state index contributed by atoms with van der Waals surface area (Å²) in [5.74, 6) is 0.439. The zero-order chi connectivity index (χ0) is 17.3. The van der Waals surface area contributed by atoms with Crippen molar-refractivity contribution in [2.24, 2.45) is 0 Å². The lowest BCUT2D eigenvalue weighted by atomic mass is 9.78. The minimum Gasteiger partial charge on any atom is -0.400 e. The molecule has 23 heavy (non-hydrogen) atoms. The second-order valence-corrected chi connectivity index (χ2v) is 6.98. The van der Waals surface area contributed by atoms with Crippen molar-refractivity contribution < 1.29 is 14.1 Å². The fraction of sp³-hybridized carbons (Fsp3) is 0.471. The molecule has 1 heterocycles. The number of thiol groups is 1. The average molecular weight is 333 g/mol. The van der Waals surface area contributed by atoms with Gasteiger partial charge in [0.15, 0.2) is 0 Å². The van der Waals surface area contributed by atoms with Gasteiger partial charge >= 0.3 is 7.12 Å². The molecule has 0 aliphatic carbocycles. The maximum atomic E-state index is 11.6. The summed E-state index contributed by atoms with van der Waals surface area (Å²) in [7, 11) is 1.21. The minimum absolute atomic E-state index is 0.0964. The number of carbonyl (C=O) groups excluding carboxylic acids is 1. The molecule has 1 aromatic carbocycles. The Morgan fingerprint density at radius 2 is 1.70 bits per heavy atom. The van der Waals surface area contributed by atoms with E-state index in [1.807, 2.05) is 45.9 Å². The van der Waals surface area contributed by atoms with Gasteiger partial charge in [-0.25, -0.2) is 0 Å². The number of benzene rings is 1. The lowest BCUT2D eigenvalue weighted by Crippen LogP contribution is -2.41. The summed E-state index contributed by atoms with van der Waals surface area (Å²) in [6.07, 6.45) is 2.00. The Labute approximate surface area is 144 Å². The number of hydrogen-bond donors (Lipinski definition) is 2. The Balaban J connectivity index is 2.21. The smallest absolute Gasteiger partial charge is 0.400 e. The zero-order valence-corrected chi connectivity index (χ0v) is 15.2. The van der Waals surface area contributed by atoms with E-state index in [1.165, 1.54) is 0 Å².